The Morgan fingerprint density at radius 2 is 2.12 bits per heavy atom. The topological polar surface area (TPSA) is 40.5 Å². The van der Waals surface area contributed by atoms with E-state index in [0.29, 0.717) is 5.56 Å². The smallest absolute Gasteiger partial charge is 0.335 e. The van der Waals surface area contributed by atoms with Crippen LogP contribution < -0.4 is 0 Å². The van der Waals surface area contributed by atoms with Crippen LogP contribution in [-0.4, -0.2) is 22.5 Å². The van der Waals surface area contributed by atoms with Crippen LogP contribution in [0.1, 0.15) is 28.4 Å². The molecular weight excluding hydrogens is 202 g/mol. The van der Waals surface area contributed by atoms with Crippen molar-refractivity contribution in [1.29, 1.82) is 0 Å². The maximum Gasteiger partial charge on any atom is 0.335 e. The van der Waals surface area contributed by atoms with Crippen LogP contribution in [0.3, 0.4) is 0 Å². The van der Waals surface area contributed by atoms with Crippen molar-refractivity contribution < 1.29 is 9.90 Å². The predicted molar refractivity (Wildman–Crippen MR) is 62.3 cm³/mol. The van der Waals surface area contributed by atoms with Gasteiger partial charge in [0.25, 0.3) is 0 Å². The van der Waals surface area contributed by atoms with Gasteiger partial charge in [0, 0.05) is 19.6 Å². The first-order valence-corrected chi connectivity index (χ1v) is 5.28. The Kier molecular flexibility index (Phi) is 2.79. The number of nitrogens with zero attached hydrogens (tertiary/aromatic N) is 1. The minimum atomic E-state index is -0.860. The van der Waals surface area contributed by atoms with Crippen molar-refractivity contribution in [3.05, 3.63) is 47.0 Å². The minimum Gasteiger partial charge on any atom is -0.478 e. The van der Waals surface area contributed by atoms with E-state index in [4.69, 9.17) is 5.11 Å². The highest BCUT2D eigenvalue weighted by Gasteiger charge is 2.19. The lowest BCUT2D eigenvalue weighted by Gasteiger charge is -2.13. The number of hydrogen-bond donors (Lipinski definition) is 1. The molecule has 1 aromatic rings. The molecule has 0 spiro atoms. The minimum absolute atomic E-state index is 0.371. The largest absolute Gasteiger partial charge is 0.478 e. The Labute approximate surface area is 95.0 Å². The van der Waals surface area contributed by atoms with E-state index in [1.165, 1.54) is 5.56 Å². The van der Waals surface area contributed by atoms with Gasteiger partial charge in [0.2, 0.25) is 0 Å². The van der Waals surface area contributed by atoms with Crippen LogP contribution in [-0.2, 0) is 13.1 Å². The second kappa shape index (κ2) is 4.10. The lowest BCUT2D eigenvalue weighted by Crippen LogP contribution is -2.17. The highest BCUT2D eigenvalue weighted by Crippen LogP contribution is 2.24. The molecule has 0 atom stereocenters. The van der Waals surface area contributed by atoms with E-state index >= 15 is 0 Å². The summed E-state index contributed by atoms with van der Waals surface area (Å²) < 4.78 is 0. The van der Waals surface area contributed by atoms with Crippen molar-refractivity contribution in [3.8, 4) is 0 Å². The van der Waals surface area contributed by atoms with Crippen LogP contribution in [0, 0.1) is 0 Å². The molecule has 0 fully saturated rings. The summed E-state index contributed by atoms with van der Waals surface area (Å²) in [4.78, 5) is 13.1. The van der Waals surface area contributed by atoms with Gasteiger partial charge in [0.15, 0.2) is 0 Å². The Hall–Kier alpha value is -1.61. The van der Waals surface area contributed by atoms with E-state index in [1.807, 2.05) is 13.0 Å². The zero-order valence-electron chi connectivity index (χ0n) is 9.36. The summed E-state index contributed by atoms with van der Waals surface area (Å²) in [6, 6.07) is 5.36. The molecule has 1 aliphatic heterocycles. The summed E-state index contributed by atoms with van der Waals surface area (Å²) in [5.74, 6) is -0.860. The van der Waals surface area contributed by atoms with Gasteiger partial charge in [-0.3, -0.25) is 4.90 Å². The molecule has 0 unspecified atom stereocenters. The quantitative estimate of drug-likeness (QED) is 0.790. The van der Waals surface area contributed by atoms with E-state index in [-0.39, 0.29) is 0 Å². The Morgan fingerprint density at radius 1 is 1.44 bits per heavy atom. The molecule has 3 nitrogen and oxygen atoms in total. The SMILES string of the molecule is C=C(C)CN1Cc2ccc(C(=O)O)cc2C1. The van der Waals surface area contributed by atoms with Gasteiger partial charge in [-0.2, -0.15) is 0 Å². The molecule has 1 heterocycles. The van der Waals surface area contributed by atoms with Gasteiger partial charge in [-0.15, -0.1) is 0 Å². The van der Waals surface area contributed by atoms with E-state index < -0.39 is 5.97 Å². The van der Waals surface area contributed by atoms with E-state index in [9.17, 15) is 4.79 Å². The molecular formula is C13H15NO2. The maximum absolute atomic E-state index is 10.8. The Bertz CT molecular complexity index is 451. The van der Waals surface area contributed by atoms with Gasteiger partial charge in [0.1, 0.15) is 0 Å². The number of hydrogen-bond acceptors (Lipinski definition) is 2. The predicted octanol–water partition coefficient (Wildman–Crippen LogP) is 2.28. The summed E-state index contributed by atoms with van der Waals surface area (Å²) in [6.45, 7) is 8.48. The molecule has 0 saturated heterocycles. The fourth-order valence-corrected chi connectivity index (χ4v) is 2.09. The van der Waals surface area contributed by atoms with Crippen LogP contribution >= 0.6 is 0 Å². The number of rotatable bonds is 3. The lowest BCUT2D eigenvalue weighted by molar-refractivity contribution is 0.0696. The molecule has 1 N–H and O–H groups in total. The molecule has 0 aliphatic carbocycles. The summed E-state index contributed by atoms with van der Waals surface area (Å²) in [5, 5.41) is 8.90. The number of fused-ring (bicyclic) bond motifs is 1. The van der Waals surface area contributed by atoms with Crippen LogP contribution in [0.15, 0.2) is 30.4 Å². The van der Waals surface area contributed by atoms with Gasteiger partial charge in [-0.25, -0.2) is 4.79 Å². The van der Waals surface area contributed by atoms with Crippen molar-refractivity contribution in [2.24, 2.45) is 0 Å². The number of aromatic carboxylic acids is 1. The van der Waals surface area contributed by atoms with Crippen LogP contribution in [0.2, 0.25) is 0 Å². The van der Waals surface area contributed by atoms with Gasteiger partial charge in [-0.1, -0.05) is 18.2 Å². The second-order valence-corrected chi connectivity index (χ2v) is 4.39. The molecule has 2 rings (SSSR count). The van der Waals surface area contributed by atoms with Gasteiger partial charge < -0.3 is 5.11 Å². The first-order chi connectivity index (χ1) is 7.56. The highest BCUT2D eigenvalue weighted by atomic mass is 16.4. The number of carboxylic acids is 1. The van der Waals surface area contributed by atoms with Crippen LogP contribution in [0.5, 0.6) is 0 Å². The molecule has 0 saturated carbocycles. The second-order valence-electron chi connectivity index (χ2n) is 4.39. The van der Waals surface area contributed by atoms with Crippen molar-refractivity contribution in [1.82, 2.24) is 4.90 Å². The molecule has 0 amide bonds. The zero-order valence-corrected chi connectivity index (χ0v) is 9.36. The molecule has 84 valence electrons. The lowest BCUT2D eigenvalue weighted by atomic mass is 10.1. The van der Waals surface area contributed by atoms with E-state index in [0.717, 1.165) is 30.8 Å². The Balaban J connectivity index is 2.18. The normalized spacial score (nSPS) is 14.8. The summed E-state index contributed by atoms with van der Waals surface area (Å²) in [5.41, 5.74) is 3.86. The van der Waals surface area contributed by atoms with Crippen molar-refractivity contribution in [2.75, 3.05) is 6.54 Å². The van der Waals surface area contributed by atoms with Crippen LogP contribution in [0.4, 0.5) is 0 Å². The third kappa shape index (κ3) is 2.14. The van der Waals surface area contributed by atoms with E-state index in [1.54, 1.807) is 12.1 Å². The maximum atomic E-state index is 10.8. The fraction of sp³-hybridized carbons (Fsp3) is 0.308. The van der Waals surface area contributed by atoms with Gasteiger partial charge in [0.05, 0.1) is 5.56 Å². The molecule has 0 bridgehead atoms. The third-order valence-corrected chi connectivity index (χ3v) is 2.73. The zero-order chi connectivity index (χ0) is 11.7. The molecule has 16 heavy (non-hydrogen) atoms. The standard InChI is InChI=1S/C13H15NO2/c1-9(2)6-14-7-11-4-3-10(13(15)16)5-12(11)8-14/h3-5H,1,6-8H2,2H3,(H,15,16). The molecule has 1 aliphatic rings. The van der Waals surface area contributed by atoms with E-state index in [2.05, 4.69) is 11.5 Å². The Morgan fingerprint density at radius 3 is 2.75 bits per heavy atom. The van der Waals surface area contributed by atoms with Crippen LogP contribution in [0.25, 0.3) is 0 Å². The summed E-state index contributed by atoms with van der Waals surface area (Å²) >= 11 is 0. The first kappa shape index (κ1) is 10.9. The average molecular weight is 217 g/mol. The summed E-state index contributed by atoms with van der Waals surface area (Å²) in [7, 11) is 0. The molecule has 3 heteroatoms. The van der Waals surface area contributed by atoms with Crippen molar-refractivity contribution >= 4 is 5.97 Å². The number of carboxylic acid groups (broad SMARTS) is 1. The molecule has 0 radical (unpaired) electrons. The van der Waals surface area contributed by atoms with Gasteiger partial charge >= 0.3 is 5.97 Å². The van der Waals surface area contributed by atoms with Crippen molar-refractivity contribution in [2.45, 2.75) is 20.0 Å². The highest BCUT2D eigenvalue weighted by molar-refractivity contribution is 5.87. The molecule has 0 aromatic heterocycles. The fourth-order valence-electron chi connectivity index (χ4n) is 2.09. The van der Waals surface area contributed by atoms with Gasteiger partial charge in [-0.05, 0) is 30.2 Å². The molecule has 1 aromatic carbocycles. The number of benzene rings is 1. The number of carbonyl (C=O) groups is 1. The monoisotopic (exact) mass is 217 g/mol. The first-order valence-electron chi connectivity index (χ1n) is 5.28. The average Bonchev–Trinajstić information content (AvgIpc) is 2.56. The third-order valence-electron chi connectivity index (χ3n) is 2.73. The summed E-state index contributed by atoms with van der Waals surface area (Å²) in [6.07, 6.45) is 0. The van der Waals surface area contributed by atoms with Crippen molar-refractivity contribution in [3.63, 3.8) is 0 Å².